The zero-order valence-corrected chi connectivity index (χ0v) is 11.7. The summed E-state index contributed by atoms with van der Waals surface area (Å²) < 4.78 is 13.0. The average Bonchev–Trinajstić information content (AvgIpc) is 2.32. The standard InChI is InChI=1S/C12H11Cl2FN2O3/c1-2-3-17(6-10(18)19)12(20)16-11-8(13)4-7(15)5-9(11)14/h2,4-5H,1,3,6H2,(H,16,20)(H,18,19). The largest absolute Gasteiger partial charge is 0.480 e. The molecule has 0 heterocycles. The van der Waals surface area contributed by atoms with Crippen molar-refractivity contribution >= 4 is 40.9 Å². The quantitative estimate of drug-likeness (QED) is 0.818. The minimum Gasteiger partial charge on any atom is -0.480 e. The van der Waals surface area contributed by atoms with Gasteiger partial charge in [0.1, 0.15) is 12.4 Å². The molecule has 0 spiro atoms. The smallest absolute Gasteiger partial charge is 0.323 e. The Morgan fingerprint density at radius 2 is 1.95 bits per heavy atom. The molecule has 0 unspecified atom stereocenters. The Morgan fingerprint density at radius 3 is 2.40 bits per heavy atom. The Morgan fingerprint density at radius 1 is 1.40 bits per heavy atom. The Kier molecular flexibility index (Phi) is 5.79. The highest BCUT2D eigenvalue weighted by molar-refractivity contribution is 6.39. The van der Waals surface area contributed by atoms with Crippen LogP contribution in [0.5, 0.6) is 0 Å². The van der Waals surface area contributed by atoms with Crippen molar-refractivity contribution in [1.82, 2.24) is 4.90 Å². The molecule has 0 aromatic heterocycles. The molecule has 0 aliphatic heterocycles. The molecule has 0 saturated heterocycles. The van der Waals surface area contributed by atoms with Gasteiger partial charge in [-0.15, -0.1) is 6.58 Å². The normalized spacial score (nSPS) is 9.95. The molecule has 0 radical (unpaired) electrons. The fourth-order valence-corrected chi connectivity index (χ4v) is 1.94. The van der Waals surface area contributed by atoms with Crippen molar-refractivity contribution < 1.29 is 19.1 Å². The number of carboxylic acid groups (broad SMARTS) is 1. The van der Waals surface area contributed by atoms with E-state index >= 15 is 0 Å². The molecular weight excluding hydrogens is 310 g/mol. The van der Waals surface area contributed by atoms with Crippen molar-refractivity contribution in [2.24, 2.45) is 0 Å². The van der Waals surface area contributed by atoms with E-state index in [9.17, 15) is 14.0 Å². The summed E-state index contributed by atoms with van der Waals surface area (Å²) in [4.78, 5) is 23.6. The van der Waals surface area contributed by atoms with Crippen molar-refractivity contribution in [3.05, 3.63) is 40.7 Å². The summed E-state index contributed by atoms with van der Waals surface area (Å²) in [5, 5.41) is 10.9. The van der Waals surface area contributed by atoms with E-state index in [4.69, 9.17) is 28.3 Å². The maximum absolute atomic E-state index is 13.0. The first-order valence-corrected chi connectivity index (χ1v) is 6.14. The van der Waals surface area contributed by atoms with Crippen molar-refractivity contribution in [2.45, 2.75) is 0 Å². The molecule has 2 N–H and O–H groups in total. The highest BCUT2D eigenvalue weighted by atomic mass is 35.5. The number of amides is 2. The number of nitrogens with zero attached hydrogens (tertiary/aromatic N) is 1. The van der Waals surface area contributed by atoms with Gasteiger partial charge in [0.25, 0.3) is 0 Å². The molecule has 1 aromatic carbocycles. The third kappa shape index (κ3) is 4.40. The molecule has 20 heavy (non-hydrogen) atoms. The van der Waals surface area contributed by atoms with Crippen LogP contribution in [0, 0.1) is 5.82 Å². The van der Waals surface area contributed by atoms with Gasteiger partial charge in [-0.05, 0) is 12.1 Å². The number of benzene rings is 1. The van der Waals surface area contributed by atoms with Gasteiger partial charge in [-0.3, -0.25) is 4.79 Å². The topological polar surface area (TPSA) is 69.6 Å². The lowest BCUT2D eigenvalue weighted by molar-refractivity contribution is -0.137. The average molecular weight is 321 g/mol. The van der Waals surface area contributed by atoms with Crippen LogP contribution in [0.4, 0.5) is 14.9 Å². The molecule has 2 amide bonds. The Bertz CT molecular complexity index is 528. The lowest BCUT2D eigenvalue weighted by atomic mass is 10.3. The molecule has 108 valence electrons. The van der Waals surface area contributed by atoms with Crippen LogP contribution in [0.3, 0.4) is 0 Å². The van der Waals surface area contributed by atoms with E-state index in [1.807, 2.05) is 0 Å². The van der Waals surface area contributed by atoms with E-state index < -0.39 is 24.4 Å². The summed E-state index contributed by atoms with van der Waals surface area (Å²) in [5.41, 5.74) is 0.0131. The van der Waals surface area contributed by atoms with E-state index in [1.54, 1.807) is 0 Å². The second-order valence-electron chi connectivity index (χ2n) is 3.74. The molecular formula is C12H11Cl2FN2O3. The molecule has 0 aliphatic rings. The Hall–Kier alpha value is -1.79. The first kappa shape index (κ1) is 16.3. The van der Waals surface area contributed by atoms with E-state index in [2.05, 4.69) is 11.9 Å². The van der Waals surface area contributed by atoms with Crippen LogP contribution in [-0.4, -0.2) is 35.1 Å². The number of hydrogen-bond donors (Lipinski definition) is 2. The molecule has 1 aromatic rings. The molecule has 0 bridgehead atoms. The fraction of sp³-hybridized carbons (Fsp3) is 0.167. The van der Waals surface area contributed by atoms with E-state index in [-0.39, 0.29) is 22.3 Å². The van der Waals surface area contributed by atoms with E-state index in [1.165, 1.54) is 6.08 Å². The predicted octanol–water partition coefficient (Wildman–Crippen LogP) is 3.24. The van der Waals surface area contributed by atoms with Gasteiger partial charge >= 0.3 is 12.0 Å². The molecule has 0 saturated carbocycles. The number of nitrogens with one attached hydrogen (secondary N) is 1. The molecule has 5 nitrogen and oxygen atoms in total. The lowest BCUT2D eigenvalue weighted by Crippen LogP contribution is -2.38. The van der Waals surface area contributed by atoms with Crippen LogP contribution in [0.15, 0.2) is 24.8 Å². The van der Waals surface area contributed by atoms with Crippen molar-refractivity contribution in [3.63, 3.8) is 0 Å². The van der Waals surface area contributed by atoms with Crippen LogP contribution in [0.25, 0.3) is 0 Å². The van der Waals surface area contributed by atoms with E-state index in [0.29, 0.717) is 0 Å². The number of aliphatic carboxylic acids is 1. The summed E-state index contributed by atoms with van der Waals surface area (Å²) in [6.45, 7) is 2.93. The van der Waals surface area contributed by atoms with Gasteiger partial charge in [0.2, 0.25) is 0 Å². The SMILES string of the molecule is C=CCN(CC(=O)O)C(=O)Nc1c(Cl)cc(F)cc1Cl. The van der Waals surface area contributed by atoms with Gasteiger partial charge in [-0.1, -0.05) is 29.3 Å². The van der Waals surface area contributed by atoms with Crippen LogP contribution in [-0.2, 0) is 4.79 Å². The molecule has 0 atom stereocenters. The third-order valence-electron chi connectivity index (χ3n) is 2.20. The van der Waals surface area contributed by atoms with Gasteiger partial charge in [0, 0.05) is 6.54 Å². The first-order valence-electron chi connectivity index (χ1n) is 5.38. The number of hydrogen-bond acceptors (Lipinski definition) is 2. The van der Waals surface area contributed by atoms with Crippen LogP contribution in [0.2, 0.25) is 10.0 Å². The number of carbonyl (C=O) groups excluding carboxylic acids is 1. The Labute approximate surface area is 124 Å². The number of carbonyl (C=O) groups is 2. The minimum absolute atomic E-state index is 0.0131. The maximum Gasteiger partial charge on any atom is 0.323 e. The number of halogens is 3. The summed E-state index contributed by atoms with van der Waals surface area (Å²) in [7, 11) is 0. The molecule has 8 heteroatoms. The van der Waals surface area contributed by atoms with Crippen LogP contribution in [0.1, 0.15) is 0 Å². The molecule has 0 aliphatic carbocycles. The van der Waals surface area contributed by atoms with Gasteiger partial charge in [-0.2, -0.15) is 0 Å². The number of rotatable bonds is 5. The van der Waals surface area contributed by atoms with E-state index in [0.717, 1.165) is 17.0 Å². The fourth-order valence-electron chi connectivity index (χ4n) is 1.39. The zero-order chi connectivity index (χ0) is 15.3. The van der Waals surface area contributed by atoms with Gasteiger partial charge < -0.3 is 15.3 Å². The Balaban J connectivity index is 2.93. The monoisotopic (exact) mass is 320 g/mol. The highest BCUT2D eigenvalue weighted by Crippen LogP contribution is 2.31. The van der Waals surface area contributed by atoms with Crippen LogP contribution >= 0.6 is 23.2 Å². The first-order chi connectivity index (χ1) is 9.35. The summed E-state index contributed by atoms with van der Waals surface area (Å²) >= 11 is 11.5. The summed E-state index contributed by atoms with van der Waals surface area (Å²) in [5.74, 6) is -1.83. The second kappa shape index (κ2) is 7.12. The van der Waals surface area contributed by atoms with Gasteiger partial charge in [0.05, 0.1) is 15.7 Å². The van der Waals surface area contributed by atoms with Crippen molar-refractivity contribution in [2.75, 3.05) is 18.4 Å². The van der Waals surface area contributed by atoms with Crippen molar-refractivity contribution in [3.8, 4) is 0 Å². The lowest BCUT2D eigenvalue weighted by Gasteiger charge is -2.20. The minimum atomic E-state index is -1.18. The number of anilines is 1. The highest BCUT2D eigenvalue weighted by Gasteiger charge is 2.18. The van der Waals surface area contributed by atoms with Crippen molar-refractivity contribution in [1.29, 1.82) is 0 Å². The zero-order valence-electron chi connectivity index (χ0n) is 10.2. The third-order valence-corrected chi connectivity index (χ3v) is 2.80. The second-order valence-corrected chi connectivity index (χ2v) is 4.55. The van der Waals surface area contributed by atoms with Gasteiger partial charge in [0.15, 0.2) is 0 Å². The number of carboxylic acids is 1. The molecule has 0 fully saturated rings. The maximum atomic E-state index is 13.0. The molecule has 1 rings (SSSR count). The number of urea groups is 1. The van der Waals surface area contributed by atoms with Crippen LogP contribution < -0.4 is 5.32 Å². The summed E-state index contributed by atoms with van der Waals surface area (Å²) in [6.07, 6.45) is 1.37. The van der Waals surface area contributed by atoms with Gasteiger partial charge in [-0.25, -0.2) is 9.18 Å². The summed E-state index contributed by atoms with van der Waals surface area (Å²) in [6, 6.07) is 1.23. The predicted molar refractivity (Wildman–Crippen MR) is 74.8 cm³/mol.